The Morgan fingerprint density at radius 1 is 1.00 bits per heavy atom. The van der Waals surface area contributed by atoms with Crippen LogP contribution in [0.2, 0.25) is 0 Å². The van der Waals surface area contributed by atoms with Gasteiger partial charge >= 0.3 is 11.9 Å². The van der Waals surface area contributed by atoms with E-state index in [4.69, 9.17) is 9.47 Å². The highest BCUT2D eigenvalue weighted by atomic mass is 16.5. The minimum absolute atomic E-state index is 0.190. The summed E-state index contributed by atoms with van der Waals surface area (Å²) in [6.07, 6.45) is 1.98. The van der Waals surface area contributed by atoms with Crippen LogP contribution in [0.4, 0.5) is 0 Å². The van der Waals surface area contributed by atoms with Gasteiger partial charge in [0.2, 0.25) is 0 Å². The van der Waals surface area contributed by atoms with Crippen molar-refractivity contribution < 1.29 is 23.9 Å². The third-order valence-electron chi connectivity index (χ3n) is 2.49. The Morgan fingerprint density at radius 2 is 1.61 bits per heavy atom. The summed E-state index contributed by atoms with van der Waals surface area (Å²) in [4.78, 5) is 33.9. The molecule has 0 bridgehead atoms. The Bertz CT molecular complexity index is 285. The Balaban J connectivity index is 3.95. The molecule has 0 aliphatic rings. The molecule has 0 rings (SSSR count). The quantitative estimate of drug-likeness (QED) is 0.359. The van der Waals surface area contributed by atoms with Crippen molar-refractivity contribution in [1.82, 2.24) is 0 Å². The van der Waals surface area contributed by atoms with E-state index in [-0.39, 0.29) is 18.4 Å². The topological polar surface area (TPSA) is 69.7 Å². The van der Waals surface area contributed by atoms with Gasteiger partial charge in [0.05, 0.1) is 13.2 Å². The van der Waals surface area contributed by atoms with Crippen LogP contribution in [0.1, 0.15) is 46.5 Å². The van der Waals surface area contributed by atoms with E-state index < -0.39 is 11.9 Å². The van der Waals surface area contributed by atoms with Crippen LogP contribution in [0.3, 0.4) is 0 Å². The first-order valence-electron chi connectivity index (χ1n) is 6.35. The van der Waals surface area contributed by atoms with Crippen molar-refractivity contribution in [2.75, 3.05) is 13.2 Å². The minimum Gasteiger partial charge on any atom is -0.466 e. The number of ether oxygens (including phenoxy) is 2. The molecule has 1 atom stereocenters. The highest BCUT2D eigenvalue weighted by Crippen LogP contribution is 2.13. The van der Waals surface area contributed by atoms with Gasteiger partial charge in [-0.05, 0) is 33.6 Å². The van der Waals surface area contributed by atoms with Crippen molar-refractivity contribution in [3.8, 4) is 0 Å². The van der Waals surface area contributed by atoms with Gasteiger partial charge in [0.15, 0.2) is 0 Å². The number of carbonyl (C=O) groups excluding carboxylic acids is 3. The van der Waals surface area contributed by atoms with Crippen LogP contribution in [-0.2, 0) is 23.9 Å². The lowest BCUT2D eigenvalue weighted by Gasteiger charge is -2.12. The molecule has 5 heteroatoms. The summed E-state index contributed by atoms with van der Waals surface area (Å²) in [5.74, 6) is -1.61. The summed E-state index contributed by atoms with van der Waals surface area (Å²) in [6, 6.07) is 0. The molecule has 104 valence electrons. The lowest BCUT2D eigenvalue weighted by atomic mass is 9.97. The molecular weight excluding hydrogens is 236 g/mol. The maximum absolute atomic E-state index is 11.5. The lowest BCUT2D eigenvalue weighted by molar-refractivity contribution is -0.151. The summed E-state index contributed by atoms with van der Waals surface area (Å²) in [5, 5.41) is 0. The van der Waals surface area contributed by atoms with Crippen LogP contribution in [0.15, 0.2) is 0 Å². The highest BCUT2D eigenvalue weighted by molar-refractivity contribution is 5.97. The van der Waals surface area contributed by atoms with E-state index in [9.17, 15) is 14.4 Å². The number of hydrogen-bond acceptors (Lipinski definition) is 5. The molecule has 0 N–H and O–H groups in total. The Hall–Kier alpha value is -1.39. The number of esters is 2. The molecule has 0 aromatic rings. The van der Waals surface area contributed by atoms with E-state index in [2.05, 4.69) is 0 Å². The van der Waals surface area contributed by atoms with E-state index in [0.717, 1.165) is 0 Å². The third-order valence-corrected chi connectivity index (χ3v) is 2.49. The second-order valence-electron chi connectivity index (χ2n) is 3.97. The number of Topliss-reactive ketones (excluding diaryl/α,β-unsaturated/α-hetero) is 1. The number of carbonyl (C=O) groups is 3. The average molecular weight is 258 g/mol. The fourth-order valence-electron chi connectivity index (χ4n) is 1.58. The van der Waals surface area contributed by atoms with Crippen LogP contribution in [0, 0.1) is 5.92 Å². The molecule has 0 aliphatic heterocycles. The second kappa shape index (κ2) is 9.62. The summed E-state index contributed by atoms with van der Waals surface area (Å²) in [6.45, 7) is 5.48. The average Bonchev–Trinajstić information content (AvgIpc) is 2.28. The van der Waals surface area contributed by atoms with Gasteiger partial charge in [0.1, 0.15) is 11.7 Å². The standard InChI is InChI=1S/C13H22O5/c1-4-17-12(15)9-7-6-8-11(10(3)14)13(16)18-5-2/h11H,4-9H2,1-3H3. The minimum atomic E-state index is -0.702. The zero-order chi connectivity index (χ0) is 14.0. The Morgan fingerprint density at radius 3 is 2.11 bits per heavy atom. The van der Waals surface area contributed by atoms with E-state index >= 15 is 0 Å². The maximum Gasteiger partial charge on any atom is 0.316 e. The molecule has 0 fully saturated rings. The normalized spacial score (nSPS) is 11.7. The first kappa shape index (κ1) is 16.6. The first-order valence-corrected chi connectivity index (χ1v) is 6.35. The molecule has 1 unspecified atom stereocenters. The molecule has 0 spiro atoms. The van der Waals surface area contributed by atoms with Crippen molar-refractivity contribution in [2.45, 2.75) is 46.5 Å². The van der Waals surface area contributed by atoms with Crippen LogP contribution in [0.5, 0.6) is 0 Å². The van der Waals surface area contributed by atoms with E-state index in [1.807, 2.05) is 0 Å². The van der Waals surface area contributed by atoms with Crippen molar-refractivity contribution in [3.05, 3.63) is 0 Å². The molecule has 5 nitrogen and oxygen atoms in total. The molecule has 0 aromatic carbocycles. The fraction of sp³-hybridized carbons (Fsp3) is 0.769. The zero-order valence-corrected chi connectivity index (χ0v) is 11.4. The molecule has 0 amide bonds. The monoisotopic (exact) mass is 258 g/mol. The fourth-order valence-corrected chi connectivity index (χ4v) is 1.58. The summed E-state index contributed by atoms with van der Waals surface area (Å²) >= 11 is 0. The summed E-state index contributed by atoms with van der Waals surface area (Å²) < 4.78 is 9.62. The number of hydrogen-bond donors (Lipinski definition) is 0. The van der Waals surface area contributed by atoms with E-state index in [0.29, 0.717) is 32.3 Å². The molecule has 0 heterocycles. The van der Waals surface area contributed by atoms with Crippen molar-refractivity contribution in [2.24, 2.45) is 5.92 Å². The predicted octanol–water partition coefficient (Wildman–Crippen LogP) is 1.88. The van der Waals surface area contributed by atoms with Crippen LogP contribution < -0.4 is 0 Å². The smallest absolute Gasteiger partial charge is 0.316 e. The van der Waals surface area contributed by atoms with Crippen molar-refractivity contribution in [1.29, 1.82) is 0 Å². The SMILES string of the molecule is CCOC(=O)CCCCC(C(C)=O)C(=O)OCC. The van der Waals surface area contributed by atoms with Gasteiger partial charge in [-0.3, -0.25) is 14.4 Å². The van der Waals surface area contributed by atoms with Gasteiger partial charge in [-0.2, -0.15) is 0 Å². The molecule has 0 saturated heterocycles. The third kappa shape index (κ3) is 7.04. The Labute approximate surface area is 108 Å². The first-order chi connectivity index (χ1) is 8.52. The Kier molecular flexibility index (Phi) is 8.88. The van der Waals surface area contributed by atoms with Gasteiger partial charge in [0, 0.05) is 6.42 Å². The number of ketones is 1. The summed E-state index contributed by atoms with van der Waals surface area (Å²) in [7, 11) is 0. The van der Waals surface area contributed by atoms with Crippen LogP contribution in [-0.4, -0.2) is 30.9 Å². The molecule has 0 saturated carbocycles. The number of unbranched alkanes of at least 4 members (excludes halogenated alkanes) is 1. The molecule has 18 heavy (non-hydrogen) atoms. The molecule has 0 radical (unpaired) electrons. The van der Waals surface area contributed by atoms with Crippen LogP contribution in [0.25, 0.3) is 0 Å². The molecule has 0 aliphatic carbocycles. The van der Waals surface area contributed by atoms with Gasteiger partial charge in [-0.15, -0.1) is 0 Å². The molecule has 0 aromatic heterocycles. The summed E-state index contributed by atoms with van der Waals surface area (Å²) in [5.41, 5.74) is 0. The van der Waals surface area contributed by atoms with Crippen LogP contribution >= 0.6 is 0 Å². The lowest BCUT2D eigenvalue weighted by Crippen LogP contribution is -2.24. The van der Waals surface area contributed by atoms with E-state index in [1.165, 1.54) is 6.92 Å². The van der Waals surface area contributed by atoms with Gasteiger partial charge < -0.3 is 9.47 Å². The predicted molar refractivity (Wildman–Crippen MR) is 65.9 cm³/mol. The van der Waals surface area contributed by atoms with Gasteiger partial charge in [0.25, 0.3) is 0 Å². The van der Waals surface area contributed by atoms with Crippen molar-refractivity contribution in [3.63, 3.8) is 0 Å². The largest absolute Gasteiger partial charge is 0.466 e. The maximum atomic E-state index is 11.5. The second-order valence-corrected chi connectivity index (χ2v) is 3.97. The van der Waals surface area contributed by atoms with Crippen molar-refractivity contribution >= 4 is 17.7 Å². The van der Waals surface area contributed by atoms with Gasteiger partial charge in [-0.1, -0.05) is 6.42 Å². The van der Waals surface area contributed by atoms with E-state index in [1.54, 1.807) is 13.8 Å². The zero-order valence-electron chi connectivity index (χ0n) is 11.4. The molecular formula is C13H22O5. The number of rotatable bonds is 9. The van der Waals surface area contributed by atoms with Gasteiger partial charge in [-0.25, -0.2) is 0 Å². The highest BCUT2D eigenvalue weighted by Gasteiger charge is 2.23.